The van der Waals surface area contributed by atoms with Crippen LogP contribution in [0.4, 0.5) is 11.4 Å². The number of unbranched alkanes of at least 4 members (excludes halogenated alkanes) is 4. The number of hydrogen-bond donors (Lipinski definition) is 3. The molecule has 0 unspecified atom stereocenters. The molecule has 0 saturated carbocycles. The zero-order valence-corrected chi connectivity index (χ0v) is 14.9. The summed E-state index contributed by atoms with van der Waals surface area (Å²) >= 11 is 4.85. The summed E-state index contributed by atoms with van der Waals surface area (Å²) in [6, 6.07) is 18.8. The highest BCUT2D eigenvalue weighted by Crippen LogP contribution is 2.15. The van der Waals surface area contributed by atoms with Crippen LogP contribution in [0.25, 0.3) is 0 Å². The Kier molecular flexibility index (Phi) is 8.11. The monoisotopic (exact) mass is 341 g/mol. The van der Waals surface area contributed by atoms with E-state index in [0.717, 1.165) is 17.9 Å². The van der Waals surface area contributed by atoms with Crippen molar-refractivity contribution in [3.8, 4) is 0 Å². The summed E-state index contributed by atoms with van der Waals surface area (Å²) in [6.07, 6.45) is 7.55. The van der Waals surface area contributed by atoms with Crippen LogP contribution in [0.15, 0.2) is 54.6 Å². The van der Waals surface area contributed by atoms with Crippen molar-refractivity contribution in [2.75, 3.05) is 17.2 Å². The van der Waals surface area contributed by atoms with Gasteiger partial charge in [0.25, 0.3) is 0 Å². The highest BCUT2D eigenvalue weighted by Gasteiger charge is 1.97. The van der Waals surface area contributed by atoms with Crippen LogP contribution in [0, 0.1) is 0 Å². The first-order valence-corrected chi connectivity index (χ1v) is 9.09. The van der Waals surface area contributed by atoms with Crippen LogP contribution in [0.1, 0.15) is 37.7 Å². The van der Waals surface area contributed by atoms with Gasteiger partial charge in [-0.2, -0.15) is 0 Å². The molecule has 0 saturated heterocycles. The first-order chi connectivity index (χ1) is 11.7. The van der Waals surface area contributed by atoms with Crippen molar-refractivity contribution in [1.29, 1.82) is 0 Å². The van der Waals surface area contributed by atoms with Crippen molar-refractivity contribution >= 4 is 28.7 Å². The Bertz CT molecular complexity index is 613. The van der Waals surface area contributed by atoms with Crippen molar-refractivity contribution in [2.45, 2.75) is 38.5 Å². The molecule has 128 valence electrons. The third kappa shape index (κ3) is 7.47. The molecule has 0 bridgehead atoms. The maximum absolute atomic E-state index is 5.49. The number of thiocarbonyl (C=S) groups is 1. The van der Waals surface area contributed by atoms with Gasteiger partial charge >= 0.3 is 0 Å². The molecule has 2 aromatic carbocycles. The molecule has 4 heteroatoms. The van der Waals surface area contributed by atoms with Crippen molar-refractivity contribution in [3.05, 3.63) is 60.2 Å². The number of rotatable bonds is 10. The fourth-order valence-electron chi connectivity index (χ4n) is 2.71. The van der Waals surface area contributed by atoms with Crippen molar-refractivity contribution in [3.63, 3.8) is 0 Å². The maximum atomic E-state index is 5.49. The fourth-order valence-corrected chi connectivity index (χ4v) is 2.83. The second-order valence-electron chi connectivity index (χ2n) is 6.00. The molecule has 0 heterocycles. The Hall–Kier alpha value is -2.07. The van der Waals surface area contributed by atoms with Gasteiger partial charge in [-0.3, -0.25) is 0 Å². The van der Waals surface area contributed by atoms with Gasteiger partial charge in [-0.05, 0) is 55.2 Å². The van der Waals surface area contributed by atoms with E-state index in [0.29, 0.717) is 5.11 Å². The van der Waals surface area contributed by atoms with E-state index in [1.807, 2.05) is 18.2 Å². The molecule has 0 aliphatic rings. The van der Waals surface area contributed by atoms with Gasteiger partial charge in [0.05, 0.1) is 0 Å². The van der Waals surface area contributed by atoms with Crippen LogP contribution in [0.5, 0.6) is 0 Å². The molecule has 0 aliphatic carbocycles. The summed E-state index contributed by atoms with van der Waals surface area (Å²) in [7, 11) is 0. The van der Waals surface area contributed by atoms with Crippen LogP contribution in [0.2, 0.25) is 0 Å². The summed E-state index contributed by atoms with van der Waals surface area (Å²) in [5.41, 5.74) is 8.96. The van der Waals surface area contributed by atoms with E-state index in [4.69, 9.17) is 18.0 Å². The summed E-state index contributed by atoms with van der Waals surface area (Å²) < 4.78 is 0. The summed E-state index contributed by atoms with van der Waals surface area (Å²) in [6.45, 7) is 0.995. The highest BCUT2D eigenvalue weighted by atomic mass is 32.1. The van der Waals surface area contributed by atoms with Gasteiger partial charge in [-0.1, -0.05) is 55.7 Å². The van der Waals surface area contributed by atoms with E-state index >= 15 is 0 Å². The zero-order valence-electron chi connectivity index (χ0n) is 14.1. The van der Waals surface area contributed by atoms with Crippen LogP contribution in [-0.2, 0) is 6.42 Å². The first kappa shape index (κ1) is 18.3. The lowest BCUT2D eigenvalue weighted by molar-refractivity contribution is 0.624. The minimum atomic E-state index is 0.294. The molecule has 0 aromatic heterocycles. The van der Waals surface area contributed by atoms with Crippen LogP contribution in [0.3, 0.4) is 0 Å². The predicted octanol–water partition coefficient (Wildman–Crippen LogP) is 4.95. The third-order valence-corrected chi connectivity index (χ3v) is 4.05. The summed E-state index contributed by atoms with van der Waals surface area (Å²) in [4.78, 5) is 0. The maximum Gasteiger partial charge on any atom is 0.168 e. The van der Waals surface area contributed by atoms with E-state index in [1.165, 1.54) is 44.1 Å². The zero-order chi connectivity index (χ0) is 17.0. The van der Waals surface area contributed by atoms with E-state index in [2.05, 4.69) is 47.0 Å². The van der Waals surface area contributed by atoms with Gasteiger partial charge in [0.15, 0.2) is 5.11 Å². The van der Waals surface area contributed by atoms with Crippen molar-refractivity contribution in [2.24, 2.45) is 5.73 Å². The molecule has 0 spiro atoms. The molecule has 0 radical (unpaired) electrons. The van der Waals surface area contributed by atoms with Gasteiger partial charge < -0.3 is 16.4 Å². The third-order valence-electron chi connectivity index (χ3n) is 3.94. The van der Waals surface area contributed by atoms with Gasteiger partial charge in [-0.15, -0.1) is 0 Å². The highest BCUT2D eigenvalue weighted by molar-refractivity contribution is 7.80. The average molecular weight is 342 g/mol. The van der Waals surface area contributed by atoms with Gasteiger partial charge in [0.2, 0.25) is 0 Å². The molecule has 0 fully saturated rings. The summed E-state index contributed by atoms with van der Waals surface area (Å²) in [5, 5.41) is 6.70. The fraction of sp³-hybridized carbons (Fsp3) is 0.350. The van der Waals surface area contributed by atoms with Gasteiger partial charge in [0, 0.05) is 17.9 Å². The standard InChI is InChI=1S/C20H27N3S/c21-20(24)23-19-14-9-13-18(16-19)22-15-8-3-1-2-5-10-17-11-6-4-7-12-17/h4,6-7,9,11-14,16,22H,1-3,5,8,10,15H2,(H3,21,23,24). The molecule has 4 N–H and O–H groups in total. The number of benzene rings is 2. The van der Waals surface area contributed by atoms with E-state index in [9.17, 15) is 0 Å². The smallest absolute Gasteiger partial charge is 0.168 e. The molecular formula is C20H27N3S. The summed E-state index contributed by atoms with van der Waals surface area (Å²) in [5.74, 6) is 0. The van der Waals surface area contributed by atoms with E-state index in [-0.39, 0.29) is 0 Å². The predicted molar refractivity (Wildman–Crippen MR) is 109 cm³/mol. The number of aryl methyl sites for hydroxylation is 1. The van der Waals surface area contributed by atoms with Crippen LogP contribution >= 0.6 is 12.2 Å². The average Bonchev–Trinajstić information content (AvgIpc) is 2.58. The van der Waals surface area contributed by atoms with E-state index < -0.39 is 0 Å². The Morgan fingerprint density at radius 1 is 0.833 bits per heavy atom. The molecular weight excluding hydrogens is 314 g/mol. The Morgan fingerprint density at radius 2 is 1.54 bits per heavy atom. The molecule has 0 amide bonds. The largest absolute Gasteiger partial charge is 0.385 e. The first-order valence-electron chi connectivity index (χ1n) is 8.68. The number of nitrogens with one attached hydrogen (secondary N) is 2. The number of nitrogens with two attached hydrogens (primary N) is 1. The van der Waals surface area contributed by atoms with Gasteiger partial charge in [-0.25, -0.2) is 0 Å². The lowest BCUT2D eigenvalue weighted by Gasteiger charge is -2.09. The Labute approximate surface area is 150 Å². The second-order valence-corrected chi connectivity index (χ2v) is 6.44. The topological polar surface area (TPSA) is 50.1 Å². The lowest BCUT2D eigenvalue weighted by Crippen LogP contribution is -2.18. The SMILES string of the molecule is NC(=S)Nc1cccc(NCCCCCCCc2ccccc2)c1. The quantitative estimate of drug-likeness (QED) is 0.423. The minimum absolute atomic E-state index is 0.294. The Morgan fingerprint density at radius 3 is 2.33 bits per heavy atom. The molecule has 0 atom stereocenters. The van der Waals surface area contributed by atoms with Crippen molar-refractivity contribution < 1.29 is 0 Å². The van der Waals surface area contributed by atoms with Gasteiger partial charge in [0.1, 0.15) is 0 Å². The second kappa shape index (κ2) is 10.7. The molecule has 3 nitrogen and oxygen atoms in total. The molecule has 2 aromatic rings. The molecule has 0 aliphatic heterocycles. The molecule has 24 heavy (non-hydrogen) atoms. The minimum Gasteiger partial charge on any atom is -0.385 e. The normalized spacial score (nSPS) is 10.3. The van der Waals surface area contributed by atoms with E-state index in [1.54, 1.807) is 0 Å². The molecule has 2 rings (SSSR count). The van der Waals surface area contributed by atoms with Crippen LogP contribution < -0.4 is 16.4 Å². The number of anilines is 2. The number of hydrogen-bond acceptors (Lipinski definition) is 2. The van der Waals surface area contributed by atoms with Crippen molar-refractivity contribution in [1.82, 2.24) is 0 Å². The Balaban J connectivity index is 1.53. The lowest BCUT2D eigenvalue weighted by atomic mass is 10.1. The van der Waals surface area contributed by atoms with Crippen LogP contribution in [-0.4, -0.2) is 11.7 Å².